The van der Waals surface area contributed by atoms with Crippen molar-refractivity contribution in [3.63, 3.8) is 0 Å². The number of amides is 2. The summed E-state index contributed by atoms with van der Waals surface area (Å²) in [7, 11) is 0. The van der Waals surface area contributed by atoms with E-state index in [2.05, 4.69) is 29.0 Å². The van der Waals surface area contributed by atoms with E-state index in [4.69, 9.17) is 5.21 Å². The van der Waals surface area contributed by atoms with Crippen molar-refractivity contribution in [3.05, 3.63) is 57.8 Å². The Bertz CT molecular complexity index is 921. The third-order valence-electron chi connectivity index (χ3n) is 3.48. The lowest BCUT2D eigenvalue weighted by Crippen LogP contribution is -2.57. The normalized spacial score (nSPS) is 11.3. The average Bonchev–Trinajstić information content (AvgIpc) is 3.15. The van der Waals surface area contributed by atoms with Gasteiger partial charge < -0.3 is 10.4 Å². The number of benzene rings is 1. The van der Waals surface area contributed by atoms with Gasteiger partial charge in [0.2, 0.25) is 0 Å². The summed E-state index contributed by atoms with van der Waals surface area (Å²) in [5.41, 5.74) is 0.834. The molecule has 0 radical (unpaired) electrons. The van der Waals surface area contributed by atoms with Gasteiger partial charge in [-0.3, -0.25) is 14.8 Å². The van der Waals surface area contributed by atoms with Crippen LogP contribution in [-0.2, 0) is 4.79 Å². The summed E-state index contributed by atoms with van der Waals surface area (Å²) in [6.45, 7) is 2.70. The maximum Gasteiger partial charge on any atom is 0.268 e. The van der Waals surface area contributed by atoms with Gasteiger partial charge in [0.05, 0.1) is 10.5 Å². The maximum absolute atomic E-state index is 12.3. The summed E-state index contributed by atoms with van der Waals surface area (Å²) in [6, 6.07) is 8.90. The van der Waals surface area contributed by atoms with Crippen LogP contribution in [0.3, 0.4) is 0 Å². The molecule has 0 saturated carbocycles. The molecule has 1 heterocycles. The van der Waals surface area contributed by atoms with Crippen LogP contribution in [0.5, 0.6) is 0 Å². The van der Waals surface area contributed by atoms with E-state index in [0.717, 1.165) is 4.88 Å². The van der Waals surface area contributed by atoms with Gasteiger partial charge in [-0.1, -0.05) is 12.0 Å². The molecule has 6 nitrogen and oxygen atoms in total. The lowest BCUT2D eigenvalue weighted by molar-refractivity contribution is -0.136. The first kappa shape index (κ1) is 20.2. The van der Waals surface area contributed by atoms with Crippen LogP contribution in [0.4, 0.5) is 0 Å². The number of carbonyl (C=O) groups is 2. The Morgan fingerprint density at radius 3 is 2.33 bits per heavy atom. The largest absolute Gasteiger partial charge is 0.388 e. The molecule has 2 rings (SSSR count). The van der Waals surface area contributed by atoms with Gasteiger partial charge in [0.1, 0.15) is 6.04 Å². The monoisotopic (exact) mass is 382 g/mol. The number of rotatable bonds is 4. The Morgan fingerprint density at radius 1 is 1.11 bits per heavy atom. The minimum absolute atomic E-state index is 0.283. The molecule has 27 heavy (non-hydrogen) atoms. The molecule has 4 N–H and O–H groups in total. The summed E-state index contributed by atoms with van der Waals surface area (Å²) in [6.07, 6.45) is 0. The van der Waals surface area contributed by atoms with Crippen LogP contribution in [0.25, 0.3) is 0 Å². The molecule has 2 amide bonds. The topological polar surface area (TPSA) is 98.7 Å². The number of aliphatic hydroxyl groups is 1. The van der Waals surface area contributed by atoms with Gasteiger partial charge in [-0.15, -0.1) is 11.3 Å². The van der Waals surface area contributed by atoms with E-state index in [1.165, 1.54) is 30.7 Å². The molecule has 7 heteroatoms. The second-order valence-electron chi connectivity index (χ2n) is 6.09. The Morgan fingerprint density at radius 2 is 1.78 bits per heavy atom. The zero-order valence-electron chi connectivity index (χ0n) is 14.7. The average molecular weight is 382 g/mol. The van der Waals surface area contributed by atoms with E-state index in [9.17, 15) is 14.7 Å². The van der Waals surface area contributed by atoms with Gasteiger partial charge >= 0.3 is 0 Å². The predicted molar refractivity (Wildman–Crippen MR) is 102 cm³/mol. The van der Waals surface area contributed by atoms with Crippen molar-refractivity contribution in [2.75, 3.05) is 0 Å². The summed E-state index contributed by atoms with van der Waals surface area (Å²) in [5.74, 6) is 9.83. The number of carbonyl (C=O) groups excluding carboxylic acids is 2. The number of nitrogens with one attached hydrogen (secondary N) is 2. The van der Waals surface area contributed by atoms with Gasteiger partial charge in [-0.2, -0.15) is 0 Å². The second-order valence-corrected chi connectivity index (χ2v) is 7.04. The minimum atomic E-state index is -1.56. The molecule has 0 bridgehead atoms. The van der Waals surface area contributed by atoms with Crippen molar-refractivity contribution in [2.45, 2.75) is 25.5 Å². The molecular weight excluding hydrogens is 364 g/mol. The zero-order valence-corrected chi connectivity index (χ0v) is 15.6. The van der Waals surface area contributed by atoms with E-state index in [1.807, 2.05) is 17.5 Å². The fourth-order valence-electron chi connectivity index (χ4n) is 2.09. The van der Waals surface area contributed by atoms with E-state index in [1.54, 1.807) is 24.3 Å². The Balaban J connectivity index is 2.06. The molecule has 1 aromatic carbocycles. The van der Waals surface area contributed by atoms with Gasteiger partial charge in [-0.25, -0.2) is 5.48 Å². The third-order valence-corrected chi connectivity index (χ3v) is 4.26. The first-order valence-corrected chi connectivity index (χ1v) is 8.82. The van der Waals surface area contributed by atoms with E-state index in [0.29, 0.717) is 5.56 Å². The van der Waals surface area contributed by atoms with Crippen molar-refractivity contribution in [3.8, 4) is 23.7 Å². The van der Waals surface area contributed by atoms with Gasteiger partial charge in [0.15, 0.2) is 0 Å². The summed E-state index contributed by atoms with van der Waals surface area (Å²) in [5, 5.41) is 23.1. The maximum atomic E-state index is 12.3. The first-order valence-electron chi connectivity index (χ1n) is 7.94. The molecular formula is C20H18N2O4S. The molecule has 1 atom stereocenters. The molecule has 138 valence electrons. The molecule has 0 fully saturated rings. The van der Waals surface area contributed by atoms with Gasteiger partial charge in [-0.05, 0) is 67.3 Å². The number of thiophene rings is 1. The van der Waals surface area contributed by atoms with Crippen LogP contribution < -0.4 is 10.8 Å². The highest BCUT2D eigenvalue weighted by Gasteiger charge is 2.34. The highest BCUT2D eigenvalue weighted by Crippen LogP contribution is 2.11. The minimum Gasteiger partial charge on any atom is -0.388 e. The quantitative estimate of drug-likeness (QED) is 0.366. The molecule has 1 unspecified atom stereocenters. The van der Waals surface area contributed by atoms with E-state index in [-0.39, 0.29) is 5.56 Å². The van der Waals surface area contributed by atoms with Crippen LogP contribution >= 0.6 is 11.3 Å². The van der Waals surface area contributed by atoms with E-state index < -0.39 is 23.5 Å². The molecule has 0 spiro atoms. The SMILES string of the molecule is CC(C)(O)C(NC(=O)c1ccc(C#CC#Cc2cccs2)cc1)C(=O)NO. The molecule has 0 aliphatic carbocycles. The van der Waals surface area contributed by atoms with Gasteiger partial charge in [0, 0.05) is 11.1 Å². The summed E-state index contributed by atoms with van der Waals surface area (Å²) < 4.78 is 0. The molecule has 0 aliphatic rings. The van der Waals surface area contributed by atoms with Gasteiger partial charge in [0.25, 0.3) is 11.8 Å². The smallest absolute Gasteiger partial charge is 0.268 e. The van der Waals surface area contributed by atoms with Crippen molar-refractivity contribution in [1.82, 2.24) is 10.8 Å². The zero-order chi connectivity index (χ0) is 19.9. The predicted octanol–water partition coefficient (Wildman–Crippen LogP) is 1.53. The number of hydroxylamine groups is 1. The Kier molecular flexibility index (Phi) is 6.75. The fourth-order valence-corrected chi connectivity index (χ4v) is 2.66. The van der Waals surface area contributed by atoms with Crippen molar-refractivity contribution in [2.24, 2.45) is 0 Å². The third kappa shape index (κ3) is 5.98. The summed E-state index contributed by atoms with van der Waals surface area (Å²) >= 11 is 1.54. The Hall–Kier alpha value is -3.10. The van der Waals surface area contributed by atoms with Crippen molar-refractivity contribution < 1.29 is 19.9 Å². The standard InChI is InChI=1S/C20H18N2O4S/c1-20(2,25)17(19(24)22-26)21-18(23)15-11-9-14(10-12-15)6-3-4-7-16-8-5-13-27-16/h5,8-13,17,25-26H,1-2H3,(H,21,23)(H,22,24). The molecule has 2 aromatic rings. The second kappa shape index (κ2) is 9.02. The highest BCUT2D eigenvalue weighted by atomic mass is 32.1. The van der Waals surface area contributed by atoms with Crippen LogP contribution in [0.2, 0.25) is 0 Å². The van der Waals surface area contributed by atoms with Crippen molar-refractivity contribution in [1.29, 1.82) is 0 Å². The molecule has 0 aliphatic heterocycles. The number of hydrogen-bond acceptors (Lipinski definition) is 5. The van der Waals surface area contributed by atoms with Crippen LogP contribution in [0.15, 0.2) is 41.8 Å². The fraction of sp³-hybridized carbons (Fsp3) is 0.200. The molecule has 0 saturated heterocycles. The van der Waals surface area contributed by atoms with Crippen molar-refractivity contribution >= 4 is 23.2 Å². The van der Waals surface area contributed by atoms with Crippen LogP contribution in [0, 0.1) is 23.7 Å². The summed E-state index contributed by atoms with van der Waals surface area (Å²) in [4.78, 5) is 24.9. The lowest BCUT2D eigenvalue weighted by atomic mass is 9.97. The number of hydrogen-bond donors (Lipinski definition) is 4. The molecule has 1 aromatic heterocycles. The van der Waals surface area contributed by atoms with Crippen LogP contribution in [-0.4, -0.2) is 33.8 Å². The lowest BCUT2D eigenvalue weighted by Gasteiger charge is -2.28. The first-order chi connectivity index (χ1) is 12.8. The highest BCUT2D eigenvalue weighted by molar-refractivity contribution is 7.10. The Labute approximate surface area is 161 Å². The van der Waals surface area contributed by atoms with Crippen LogP contribution in [0.1, 0.15) is 34.6 Å². The van der Waals surface area contributed by atoms with E-state index >= 15 is 0 Å².